The van der Waals surface area contributed by atoms with Crippen LogP contribution in [0.15, 0.2) is 12.2 Å². The number of carbonyl (C=O) groups is 2. The molecule has 0 aliphatic carbocycles. The van der Waals surface area contributed by atoms with Gasteiger partial charge in [-0.25, -0.2) is 9.59 Å². The molecule has 0 aliphatic heterocycles. The summed E-state index contributed by atoms with van der Waals surface area (Å²) >= 11 is 0.149. The molecular formula is C20H38O4Sn. The van der Waals surface area contributed by atoms with E-state index in [0.717, 1.165) is 37.8 Å². The van der Waals surface area contributed by atoms with Crippen LogP contribution in [0.4, 0.5) is 0 Å². The van der Waals surface area contributed by atoms with Crippen LogP contribution in [0.25, 0.3) is 0 Å². The van der Waals surface area contributed by atoms with Crippen molar-refractivity contribution in [3.63, 3.8) is 0 Å². The van der Waals surface area contributed by atoms with Crippen LogP contribution in [0.5, 0.6) is 0 Å². The molecule has 0 unspecified atom stereocenters. The van der Waals surface area contributed by atoms with Gasteiger partial charge in [-0.2, -0.15) is 0 Å². The second kappa shape index (κ2) is 23.5. The Labute approximate surface area is 165 Å². The molecule has 25 heavy (non-hydrogen) atoms. The fourth-order valence-corrected chi connectivity index (χ4v) is 5.75. The zero-order valence-electron chi connectivity index (χ0n) is 16.8. The summed E-state index contributed by atoms with van der Waals surface area (Å²) in [5.74, 6) is -0.998. The fourth-order valence-electron chi connectivity index (χ4n) is 1.60. The molecule has 0 saturated heterocycles. The molecule has 0 spiro atoms. The number of hydrogen-bond donors (Lipinski definition) is 0. The van der Waals surface area contributed by atoms with Gasteiger partial charge in [0.2, 0.25) is 0 Å². The first kappa shape index (κ1) is 26.7. The van der Waals surface area contributed by atoms with Gasteiger partial charge in [0.25, 0.3) is 0 Å². The summed E-state index contributed by atoms with van der Waals surface area (Å²) in [4.78, 5) is 22.1. The molecule has 0 aliphatic rings. The van der Waals surface area contributed by atoms with Gasteiger partial charge in [-0.1, -0.05) is 26.7 Å². The average molecular weight is 461 g/mol. The first-order valence-electron chi connectivity index (χ1n) is 9.84. The van der Waals surface area contributed by atoms with Gasteiger partial charge < -0.3 is 9.47 Å². The van der Waals surface area contributed by atoms with Gasteiger partial charge in [-0.05, 0) is 12.8 Å². The van der Waals surface area contributed by atoms with Crippen LogP contribution in [0.3, 0.4) is 0 Å². The number of carbonyl (C=O) groups excluding carboxylic acids is 2. The number of unbranched alkanes of at least 4 members (excludes halogenated alkanes) is 4. The Kier molecular flexibility index (Phi) is 25.1. The zero-order chi connectivity index (χ0) is 19.2. The first-order valence-corrected chi connectivity index (χ1v) is 13.9. The average Bonchev–Trinajstić information content (AvgIpc) is 2.61. The summed E-state index contributed by atoms with van der Waals surface area (Å²) in [5, 5.41) is 0. The van der Waals surface area contributed by atoms with Gasteiger partial charge in [0.1, 0.15) is 0 Å². The predicted octanol–water partition coefficient (Wildman–Crippen LogP) is 5.36. The Morgan fingerprint density at radius 3 is 1.36 bits per heavy atom. The van der Waals surface area contributed by atoms with Crippen molar-refractivity contribution in [1.82, 2.24) is 0 Å². The summed E-state index contributed by atoms with van der Waals surface area (Å²) in [6.45, 7) is 9.39. The Morgan fingerprint density at radius 2 is 1.04 bits per heavy atom. The van der Waals surface area contributed by atoms with E-state index in [4.69, 9.17) is 9.47 Å². The van der Waals surface area contributed by atoms with Crippen molar-refractivity contribution in [2.24, 2.45) is 0 Å². The minimum atomic E-state index is -0.499. The molecule has 0 N–H and O–H groups in total. The SMILES string of the molecule is CCCCOC(=O)C=CC(=O)OCCCC.CCC[CH2][Sn][CH2]CCC. The number of esters is 2. The Morgan fingerprint density at radius 1 is 0.680 bits per heavy atom. The Bertz CT molecular complexity index is 300. The molecule has 4 nitrogen and oxygen atoms in total. The van der Waals surface area contributed by atoms with E-state index in [-0.39, 0.29) is 21.1 Å². The summed E-state index contributed by atoms with van der Waals surface area (Å²) in [6.07, 6.45) is 11.6. The molecular weight excluding hydrogens is 423 g/mol. The molecule has 146 valence electrons. The van der Waals surface area contributed by atoms with Crippen LogP contribution in [-0.4, -0.2) is 46.3 Å². The fraction of sp³-hybridized carbons (Fsp3) is 0.800. The summed E-state index contributed by atoms with van der Waals surface area (Å²) in [7, 11) is 0. The summed E-state index contributed by atoms with van der Waals surface area (Å²) in [6, 6.07) is 0. The van der Waals surface area contributed by atoms with E-state index in [9.17, 15) is 9.59 Å². The van der Waals surface area contributed by atoms with E-state index in [0.29, 0.717) is 13.2 Å². The molecule has 5 heteroatoms. The third-order valence-electron chi connectivity index (χ3n) is 3.25. The molecule has 0 bridgehead atoms. The van der Waals surface area contributed by atoms with Crippen LogP contribution < -0.4 is 0 Å². The molecule has 0 aromatic rings. The van der Waals surface area contributed by atoms with E-state index in [1.165, 1.54) is 25.7 Å². The number of rotatable bonds is 14. The number of ether oxygens (including phenoxy) is 2. The van der Waals surface area contributed by atoms with Gasteiger partial charge in [-0.3, -0.25) is 0 Å². The second-order valence-corrected chi connectivity index (χ2v) is 10.1. The van der Waals surface area contributed by atoms with Crippen LogP contribution in [0, 0.1) is 0 Å². The molecule has 0 rings (SSSR count). The third-order valence-corrected chi connectivity index (χ3v) is 7.29. The molecule has 0 aromatic heterocycles. The Balaban J connectivity index is 0. The van der Waals surface area contributed by atoms with Gasteiger partial charge in [0.15, 0.2) is 0 Å². The molecule has 0 aromatic carbocycles. The van der Waals surface area contributed by atoms with Crippen molar-refractivity contribution in [3.05, 3.63) is 12.2 Å². The van der Waals surface area contributed by atoms with Gasteiger partial charge in [0, 0.05) is 12.2 Å². The summed E-state index contributed by atoms with van der Waals surface area (Å²) in [5.41, 5.74) is 0. The van der Waals surface area contributed by atoms with Crippen molar-refractivity contribution in [2.75, 3.05) is 13.2 Å². The number of hydrogen-bond acceptors (Lipinski definition) is 4. The van der Waals surface area contributed by atoms with Crippen LogP contribution >= 0.6 is 0 Å². The van der Waals surface area contributed by atoms with E-state index in [2.05, 4.69) is 13.8 Å². The predicted molar refractivity (Wildman–Crippen MR) is 106 cm³/mol. The van der Waals surface area contributed by atoms with Crippen LogP contribution in [-0.2, 0) is 19.1 Å². The van der Waals surface area contributed by atoms with Crippen LogP contribution in [0.1, 0.15) is 79.1 Å². The van der Waals surface area contributed by atoms with Gasteiger partial charge in [-0.15, -0.1) is 0 Å². The zero-order valence-corrected chi connectivity index (χ0v) is 19.6. The molecule has 0 saturated carbocycles. The molecule has 2 radical (unpaired) electrons. The van der Waals surface area contributed by atoms with Crippen molar-refractivity contribution in [3.8, 4) is 0 Å². The second-order valence-electron chi connectivity index (χ2n) is 5.83. The van der Waals surface area contributed by atoms with Crippen molar-refractivity contribution < 1.29 is 19.1 Å². The molecule has 0 atom stereocenters. The van der Waals surface area contributed by atoms with Gasteiger partial charge >= 0.3 is 81.5 Å². The Hall–Kier alpha value is -0.521. The standard InChI is InChI=1S/C12H20O4.2C4H9.Sn/c1-3-5-9-15-11(13)7-8-12(14)16-10-6-4-2;2*1-3-4-2;/h7-8H,3-6,9-10H2,1-2H3;2*1,3-4H2,2H3;. The minimum absolute atomic E-state index is 0.149. The van der Waals surface area contributed by atoms with Crippen LogP contribution in [0.2, 0.25) is 8.87 Å². The quantitative estimate of drug-likeness (QED) is 0.151. The van der Waals surface area contributed by atoms with E-state index in [1.54, 1.807) is 8.87 Å². The van der Waals surface area contributed by atoms with E-state index < -0.39 is 11.9 Å². The molecule has 0 fully saturated rings. The van der Waals surface area contributed by atoms with E-state index in [1.807, 2.05) is 13.8 Å². The first-order chi connectivity index (χ1) is 12.1. The molecule has 0 heterocycles. The van der Waals surface area contributed by atoms with Crippen molar-refractivity contribution >= 4 is 33.1 Å². The monoisotopic (exact) mass is 462 g/mol. The normalized spacial score (nSPS) is 10.2. The topological polar surface area (TPSA) is 52.6 Å². The van der Waals surface area contributed by atoms with Gasteiger partial charge in [0.05, 0.1) is 13.2 Å². The van der Waals surface area contributed by atoms with E-state index >= 15 is 0 Å². The maximum atomic E-state index is 11.0. The maximum absolute atomic E-state index is 11.0. The van der Waals surface area contributed by atoms with Crippen molar-refractivity contribution in [2.45, 2.75) is 87.9 Å². The third kappa shape index (κ3) is 25.8. The van der Waals surface area contributed by atoms with Crippen molar-refractivity contribution in [1.29, 1.82) is 0 Å². The summed E-state index contributed by atoms with van der Waals surface area (Å²) < 4.78 is 12.9. The molecule has 0 amide bonds.